The predicted octanol–water partition coefficient (Wildman–Crippen LogP) is 2.11. The van der Waals surface area contributed by atoms with Gasteiger partial charge in [-0.1, -0.05) is 6.07 Å². The zero-order valence-corrected chi connectivity index (χ0v) is 16.3. The number of nitrogens with zero attached hydrogens (tertiary/aromatic N) is 2. The van der Waals surface area contributed by atoms with Crippen molar-refractivity contribution in [3.05, 3.63) is 52.0 Å². The Kier molecular flexibility index (Phi) is 4.79. The molecule has 9 heteroatoms. The van der Waals surface area contributed by atoms with Crippen LogP contribution in [0.25, 0.3) is 0 Å². The number of carbonyl (C=O) groups is 1. The molecule has 2 aliphatic rings. The molecule has 144 valence electrons. The summed E-state index contributed by atoms with van der Waals surface area (Å²) in [4.78, 5) is 16.1. The van der Waals surface area contributed by atoms with E-state index in [2.05, 4.69) is 0 Å². The lowest BCUT2D eigenvalue weighted by atomic mass is 10.1. The normalized spacial score (nSPS) is 23.4. The maximum Gasteiger partial charge on any atom is 0.264 e. The summed E-state index contributed by atoms with van der Waals surface area (Å²) in [6.07, 6.45) is -0.795. The molecule has 4 rings (SSSR count). The number of carbonyl (C=O) groups excluding carboxylic acids is 1. The summed E-state index contributed by atoms with van der Waals surface area (Å²) in [5.74, 6) is -0.639. The molecule has 2 atom stereocenters. The highest BCUT2D eigenvalue weighted by Crippen LogP contribution is 2.27. The third-order valence-electron chi connectivity index (χ3n) is 4.72. The largest absolute Gasteiger partial charge is 0.369 e. The number of hydrogen-bond donors (Lipinski definition) is 0. The fourth-order valence-electron chi connectivity index (χ4n) is 3.50. The minimum atomic E-state index is -3.80. The molecule has 2 aliphatic heterocycles. The number of halogens is 1. The van der Waals surface area contributed by atoms with Crippen molar-refractivity contribution >= 4 is 27.3 Å². The third-order valence-corrected chi connectivity index (χ3v) is 7.54. The summed E-state index contributed by atoms with van der Waals surface area (Å²) in [7, 11) is -3.80. The number of sulfonamides is 1. The second-order valence-corrected chi connectivity index (χ2v) is 10.0. The standard InChI is InChI=1S/C18H19FN2O4S2/c1-12-5-6-17(26-12)18(22)20-8-14-10-21(11-15(9-20)25-14)27(23,24)16-4-2-3-13(19)7-16/h2-7,14-15H,8-11H2,1H3. The second kappa shape index (κ2) is 6.97. The van der Waals surface area contributed by atoms with Crippen LogP contribution in [0.3, 0.4) is 0 Å². The van der Waals surface area contributed by atoms with Crippen molar-refractivity contribution in [3.8, 4) is 0 Å². The zero-order valence-electron chi connectivity index (χ0n) is 14.7. The van der Waals surface area contributed by atoms with Crippen molar-refractivity contribution in [3.63, 3.8) is 0 Å². The van der Waals surface area contributed by atoms with E-state index in [4.69, 9.17) is 4.74 Å². The molecule has 2 bridgehead atoms. The van der Waals surface area contributed by atoms with E-state index in [0.29, 0.717) is 18.0 Å². The van der Waals surface area contributed by atoms with Gasteiger partial charge in [0.05, 0.1) is 22.0 Å². The van der Waals surface area contributed by atoms with Crippen molar-refractivity contribution in [2.75, 3.05) is 26.2 Å². The number of ether oxygens (including phenoxy) is 1. The van der Waals surface area contributed by atoms with Crippen LogP contribution in [-0.4, -0.2) is 61.9 Å². The van der Waals surface area contributed by atoms with Gasteiger partial charge in [-0.25, -0.2) is 12.8 Å². The Hall–Kier alpha value is -1.81. The number of morpholine rings is 2. The van der Waals surface area contributed by atoms with Crippen molar-refractivity contribution in [1.82, 2.24) is 9.21 Å². The molecule has 0 spiro atoms. The quantitative estimate of drug-likeness (QED) is 0.777. The molecule has 0 N–H and O–H groups in total. The molecule has 2 aromatic rings. The number of aryl methyl sites for hydroxylation is 1. The number of hydrogen-bond acceptors (Lipinski definition) is 5. The van der Waals surface area contributed by atoms with Gasteiger partial charge >= 0.3 is 0 Å². The molecule has 0 aliphatic carbocycles. The minimum Gasteiger partial charge on any atom is -0.369 e. The molecular formula is C18H19FN2O4S2. The summed E-state index contributed by atoms with van der Waals surface area (Å²) in [5.41, 5.74) is 0. The molecule has 6 nitrogen and oxygen atoms in total. The highest BCUT2D eigenvalue weighted by molar-refractivity contribution is 7.89. The van der Waals surface area contributed by atoms with Crippen LogP contribution in [0.4, 0.5) is 4.39 Å². The van der Waals surface area contributed by atoms with Gasteiger partial charge in [0.25, 0.3) is 5.91 Å². The van der Waals surface area contributed by atoms with Crippen molar-refractivity contribution in [1.29, 1.82) is 0 Å². The molecule has 2 fully saturated rings. The minimum absolute atomic E-state index is 0.0483. The Bertz CT molecular complexity index is 961. The molecule has 1 aromatic heterocycles. The van der Waals surface area contributed by atoms with E-state index < -0.39 is 28.0 Å². The van der Waals surface area contributed by atoms with Gasteiger partial charge in [-0.05, 0) is 37.3 Å². The number of thiophene rings is 1. The lowest BCUT2D eigenvalue weighted by molar-refractivity contribution is -0.113. The van der Waals surface area contributed by atoms with E-state index in [1.165, 1.54) is 33.8 Å². The van der Waals surface area contributed by atoms with E-state index in [9.17, 15) is 17.6 Å². The number of benzene rings is 1. The number of fused-ring (bicyclic) bond motifs is 2. The Morgan fingerprint density at radius 3 is 2.44 bits per heavy atom. The molecule has 1 aromatic carbocycles. The Morgan fingerprint density at radius 2 is 1.85 bits per heavy atom. The first-order valence-corrected chi connectivity index (χ1v) is 10.9. The average Bonchev–Trinajstić information content (AvgIpc) is 3.06. The summed E-state index contributed by atoms with van der Waals surface area (Å²) < 4.78 is 46.3. The van der Waals surface area contributed by atoms with Crippen LogP contribution in [0.1, 0.15) is 14.5 Å². The van der Waals surface area contributed by atoms with Gasteiger partial charge in [0, 0.05) is 31.1 Å². The summed E-state index contributed by atoms with van der Waals surface area (Å²) in [6, 6.07) is 8.73. The smallest absolute Gasteiger partial charge is 0.264 e. The van der Waals surface area contributed by atoms with E-state index in [1.807, 2.05) is 19.1 Å². The highest BCUT2D eigenvalue weighted by Gasteiger charge is 2.41. The van der Waals surface area contributed by atoms with Crippen molar-refractivity contribution < 1.29 is 22.3 Å². The van der Waals surface area contributed by atoms with E-state index in [-0.39, 0.29) is 23.9 Å². The maximum atomic E-state index is 13.4. The topological polar surface area (TPSA) is 66.9 Å². The zero-order chi connectivity index (χ0) is 19.2. The molecule has 2 saturated heterocycles. The van der Waals surface area contributed by atoms with Gasteiger partial charge in [0.1, 0.15) is 5.82 Å². The first-order valence-electron chi connectivity index (χ1n) is 8.60. The number of amides is 1. The fraction of sp³-hybridized carbons (Fsp3) is 0.389. The van der Waals surface area contributed by atoms with E-state index in [1.54, 1.807) is 4.90 Å². The Labute approximate surface area is 161 Å². The van der Waals surface area contributed by atoms with Crippen molar-refractivity contribution in [2.45, 2.75) is 24.0 Å². The van der Waals surface area contributed by atoms with Gasteiger partial charge in [-0.2, -0.15) is 4.31 Å². The molecule has 2 unspecified atom stereocenters. The average molecular weight is 410 g/mol. The van der Waals surface area contributed by atoms with Gasteiger partial charge in [-0.3, -0.25) is 4.79 Å². The van der Waals surface area contributed by atoms with E-state index in [0.717, 1.165) is 10.9 Å². The van der Waals surface area contributed by atoms with Gasteiger partial charge < -0.3 is 9.64 Å². The van der Waals surface area contributed by atoms with Crippen LogP contribution in [0, 0.1) is 12.7 Å². The van der Waals surface area contributed by atoms with Gasteiger partial charge in [0.2, 0.25) is 10.0 Å². The second-order valence-electron chi connectivity index (χ2n) is 6.78. The lowest BCUT2D eigenvalue weighted by Crippen LogP contribution is -2.61. The molecule has 1 amide bonds. The SMILES string of the molecule is Cc1ccc(C(=O)N2CC3CN(S(=O)(=O)c4cccc(F)c4)CC(C2)O3)s1. The van der Waals surface area contributed by atoms with Crippen LogP contribution in [0.5, 0.6) is 0 Å². The van der Waals surface area contributed by atoms with Crippen LogP contribution in [-0.2, 0) is 14.8 Å². The Balaban J connectivity index is 1.50. The first kappa shape index (κ1) is 18.5. The highest BCUT2D eigenvalue weighted by atomic mass is 32.2. The van der Waals surface area contributed by atoms with Crippen LogP contribution < -0.4 is 0 Å². The van der Waals surface area contributed by atoms with Crippen molar-refractivity contribution in [2.24, 2.45) is 0 Å². The van der Waals surface area contributed by atoms with Crippen LogP contribution in [0.15, 0.2) is 41.3 Å². The number of rotatable bonds is 3. The van der Waals surface area contributed by atoms with Crippen LogP contribution in [0.2, 0.25) is 0 Å². The fourth-order valence-corrected chi connectivity index (χ4v) is 5.87. The maximum absolute atomic E-state index is 13.4. The predicted molar refractivity (Wildman–Crippen MR) is 98.8 cm³/mol. The molecular weight excluding hydrogens is 391 g/mol. The van der Waals surface area contributed by atoms with E-state index >= 15 is 0 Å². The lowest BCUT2D eigenvalue weighted by Gasteiger charge is -2.45. The monoisotopic (exact) mass is 410 g/mol. The molecule has 27 heavy (non-hydrogen) atoms. The first-order chi connectivity index (χ1) is 12.8. The van der Waals surface area contributed by atoms with Gasteiger partial charge in [-0.15, -0.1) is 11.3 Å². The van der Waals surface area contributed by atoms with Gasteiger partial charge in [0.15, 0.2) is 0 Å². The third kappa shape index (κ3) is 3.64. The molecule has 3 heterocycles. The summed E-state index contributed by atoms with van der Waals surface area (Å²) in [6.45, 7) is 2.90. The van der Waals surface area contributed by atoms with Crippen LogP contribution >= 0.6 is 11.3 Å². The summed E-state index contributed by atoms with van der Waals surface area (Å²) >= 11 is 1.45. The molecule has 0 saturated carbocycles. The Morgan fingerprint density at radius 1 is 1.15 bits per heavy atom. The molecule has 0 radical (unpaired) electrons. The summed E-state index contributed by atoms with van der Waals surface area (Å²) in [5, 5.41) is 0.